The predicted molar refractivity (Wildman–Crippen MR) is 101 cm³/mol. The number of anilines is 1. The minimum Gasteiger partial charge on any atom is -0.466 e. The summed E-state index contributed by atoms with van der Waals surface area (Å²) < 4.78 is 10.3. The number of hydrogen-bond acceptors (Lipinski definition) is 6. The van der Waals surface area contributed by atoms with Crippen LogP contribution in [-0.4, -0.2) is 48.2 Å². The van der Waals surface area contributed by atoms with E-state index in [-0.39, 0.29) is 24.3 Å². The Hall–Kier alpha value is -2.67. The summed E-state index contributed by atoms with van der Waals surface area (Å²) in [6, 6.07) is 9.63. The Bertz CT molecular complexity index is 785. The van der Waals surface area contributed by atoms with Crippen LogP contribution in [0, 0.1) is 12.8 Å². The number of rotatable bonds is 6. The smallest absolute Gasteiger partial charge is 0.310 e. The van der Waals surface area contributed by atoms with Crippen molar-refractivity contribution in [3.8, 4) is 11.3 Å². The van der Waals surface area contributed by atoms with Crippen molar-refractivity contribution < 1.29 is 18.8 Å². The number of nitrogens with zero attached hydrogens (tertiary/aromatic N) is 2. The molecule has 2 heterocycles. The second-order valence-corrected chi connectivity index (χ2v) is 6.82. The maximum absolute atomic E-state index is 12.3. The number of hydrogen-bond donors (Lipinski definition) is 1. The Kier molecular flexibility index (Phi) is 6.24. The lowest BCUT2D eigenvalue weighted by Crippen LogP contribution is -2.43. The van der Waals surface area contributed by atoms with Crippen LogP contribution in [0.5, 0.6) is 0 Å². The van der Waals surface area contributed by atoms with E-state index in [9.17, 15) is 9.59 Å². The van der Waals surface area contributed by atoms with Crippen LogP contribution in [-0.2, 0) is 14.3 Å². The zero-order valence-electron chi connectivity index (χ0n) is 15.7. The van der Waals surface area contributed by atoms with Gasteiger partial charge < -0.3 is 9.26 Å². The van der Waals surface area contributed by atoms with Crippen molar-refractivity contribution in [2.75, 3.05) is 31.6 Å². The molecule has 1 amide bonds. The van der Waals surface area contributed by atoms with Gasteiger partial charge in [0.1, 0.15) is 5.69 Å². The maximum atomic E-state index is 12.3. The molecule has 1 fully saturated rings. The first-order valence-corrected chi connectivity index (χ1v) is 9.27. The van der Waals surface area contributed by atoms with Crippen LogP contribution in [0.15, 0.2) is 34.9 Å². The molecule has 0 saturated carbocycles. The van der Waals surface area contributed by atoms with Gasteiger partial charge in [-0.2, -0.15) is 0 Å². The highest BCUT2D eigenvalue weighted by Crippen LogP contribution is 2.22. The molecule has 0 aliphatic carbocycles. The molecule has 1 aromatic carbocycles. The molecule has 1 N–H and O–H groups in total. The fourth-order valence-electron chi connectivity index (χ4n) is 3.23. The molecule has 7 heteroatoms. The number of amides is 1. The van der Waals surface area contributed by atoms with Crippen molar-refractivity contribution in [2.24, 2.45) is 5.92 Å². The largest absolute Gasteiger partial charge is 0.466 e. The number of carbonyl (C=O) groups is 2. The minimum atomic E-state index is -0.189. The van der Waals surface area contributed by atoms with E-state index in [2.05, 4.69) is 10.5 Å². The average molecular weight is 371 g/mol. The van der Waals surface area contributed by atoms with Crippen molar-refractivity contribution >= 4 is 17.8 Å². The molecule has 0 unspecified atom stereocenters. The van der Waals surface area contributed by atoms with Gasteiger partial charge >= 0.3 is 5.97 Å². The van der Waals surface area contributed by atoms with Crippen molar-refractivity contribution in [3.63, 3.8) is 0 Å². The lowest BCUT2D eigenvalue weighted by Gasteiger charge is -2.30. The van der Waals surface area contributed by atoms with Crippen molar-refractivity contribution in [2.45, 2.75) is 26.7 Å². The minimum absolute atomic E-state index is 0.162. The third kappa shape index (κ3) is 5.17. The average Bonchev–Trinajstić information content (AvgIpc) is 3.11. The fraction of sp³-hybridized carbons (Fsp3) is 0.450. The summed E-state index contributed by atoms with van der Waals surface area (Å²) in [6.45, 7) is 5.73. The molecule has 0 radical (unpaired) electrons. The number of piperidine rings is 1. The third-order valence-corrected chi connectivity index (χ3v) is 4.61. The number of esters is 1. The molecule has 7 nitrogen and oxygen atoms in total. The lowest BCUT2D eigenvalue weighted by atomic mass is 9.98. The molecular weight excluding hydrogens is 346 g/mol. The SMILES string of the molecule is CCOC(=O)[C@@H]1CCCN(CC(=O)Nc2cc(-c3ccc(C)cc3)no2)C1. The summed E-state index contributed by atoms with van der Waals surface area (Å²) in [5, 5.41) is 6.74. The first-order chi connectivity index (χ1) is 13.0. The van der Waals surface area contributed by atoms with Gasteiger partial charge in [0.05, 0.1) is 19.1 Å². The summed E-state index contributed by atoms with van der Waals surface area (Å²) >= 11 is 0. The highest BCUT2D eigenvalue weighted by atomic mass is 16.5. The van der Waals surface area contributed by atoms with E-state index in [1.165, 1.54) is 5.56 Å². The standard InChI is InChI=1S/C20H25N3O4/c1-3-26-20(25)16-5-4-10-23(12-16)13-18(24)21-19-11-17(22-27-19)15-8-6-14(2)7-9-15/h6-9,11,16H,3-5,10,12-13H2,1-2H3,(H,21,24)/t16-/m1/s1. The molecule has 1 aliphatic heterocycles. The second-order valence-electron chi connectivity index (χ2n) is 6.82. The molecule has 1 saturated heterocycles. The van der Waals surface area contributed by atoms with E-state index < -0.39 is 0 Å². The fourth-order valence-corrected chi connectivity index (χ4v) is 3.23. The van der Waals surface area contributed by atoms with Gasteiger partial charge in [0.15, 0.2) is 0 Å². The number of likely N-dealkylation sites (tertiary alicyclic amines) is 1. The molecule has 144 valence electrons. The van der Waals surface area contributed by atoms with Crippen LogP contribution in [0.25, 0.3) is 11.3 Å². The molecular formula is C20H25N3O4. The van der Waals surface area contributed by atoms with Gasteiger partial charge in [-0.1, -0.05) is 35.0 Å². The van der Waals surface area contributed by atoms with Crippen LogP contribution in [0.2, 0.25) is 0 Å². The molecule has 1 atom stereocenters. The van der Waals surface area contributed by atoms with E-state index in [1.54, 1.807) is 13.0 Å². The van der Waals surface area contributed by atoms with Crippen molar-refractivity contribution in [1.29, 1.82) is 0 Å². The quantitative estimate of drug-likeness (QED) is 0.786. The van der Waals surface area contributed by atoms with Gasteiger partial charge in [-0.05, 0) is 33.2 Å². The van der Waals surface area contributed by atoms with Gasteiger partial charge in [-0.3, -0.25) is 19.8 Å². The first kappa shape index (κ1) is 19.1. The van der Waals surface area contributed by atoms with E-state index in [4.69, 9.17) is 9.26 Å². The Morgan fingerprint density at radius 1 is 1.33 bits per heavy atom. The Labute approximate surface area is 158 Å². The normalized spacial score (nSPS) is 17.5. The maximum Gasteiger partial charge on any atom is 0.310 e. The van der Waals surface area contributed by atoms with E-state index in [0.717, 1.165) is 24.9 Å². The Balaban J connectivity index is 1.53. The zero-order chi connectivity index (χ0) is 19.2. The van der Waals surface area contributed by atoms with Crippen molar-refractivity contribution in [3.05, 3.63) is 35.9 Å². The molecule has 0 bridgehead atoms. The topological polar surface area (TPSA) is 84.7 Å². The number of aromatic nitrogens is 1. The Morgan fingerprint density at radius 2 is 2.11 bits per heavy atom. The van der Waals surface area contributed by atoms with Crippen LogP contribution in [0.3, 0.4) is 0 Å². The summed E-state index contributed by atoms with van der Waals surface area (Å²) in [7, 11) is 0. The van der Waals surface area contributed by atoms with Crippen LogP contribution in [0.1, 0.15) is 25.3 Å². The number of benzene rings is 1. The highest BCUT2D eigenvalue weighted by molar-refractivity contribution is 5.91. The third-order valence-electron chi connectivity index (χ3n) is 4.61. The van der Waals surface area contributed by atoms with Gasteiger partial charge in [0.2, 0.25) is 11.8 Å². The summed E-state index contributed by atoms with van der Waals surface area (Å²) in [5.41, 5.74) is 2.77. The first-order valence-electron chi connectivity index (χ1n) is 9.27. The van der Waals surface area contributed by atoms with E-state index in [1.807, 2.05) is 36.1 Å². The van der Waals surface area contributed by atoms with Gasteiger partial charge in [-0.25, -0.2) is 0 Å². The molecule has 0 spiro atoms. The number of carbonyl (C=O) groups excluding carboxylic acids is 2. The van der Waals surface area contributed by atoms with Crippen LogP contribution >= 0.6 is 0 Å². The Morgan fingerprint density at radius 3 is 2.85 bits per heavy atom. The molecule has 3 rings (SSSR count). The van der Waals surface area contributed by atoms with Crippen LogP contribution in [0.4, 0.5) is 5.88 Å². The molecule has 2 aromatic rings. The predicted octanol–water partition coefficient (Wildman–Crippen LogP) is 2.86. The summed E-state index contributed by atoms with van der Waals surface area (Å²) in [6.07, 6.45) is 1.68. The number of aryl methyl sites for hydroxylation is 1. The molecule has 1 aromatic heterocycles. The van der Waals surface area contributed by atoms with Gasteiger partial charge in [0, 0.05) is 18.2 Å². The lowest BCUT2D eigenvalue weighted by molar-refractivity contribution is -0.150. The van der Waals surface area contributed by atoms with E-state index in [0.29, 0.717) is 24.7 Å². The number of ether oxygens (including phenoxy) is 1. The molecule has 1 aliphatic rings. The number of nitrogens with one attached hydrogen (secondary N) is 1. The monoisotopic (exact) mass is 371 g/mol. The van der Waals surface area contributed by atoms with Crippen molar-refractivity contribution in [1.82, 2.24) is 10.1 Å². The highest BCUT2D eigenvalue weighted by Gasteiger charge is 2.27. The zero-order valence-corrected chi connectivity index (χ0v) is 15.7. The van der Waals surface area contributed by atoms with Gasteiger partial charge in [-0.15, -0.1) is 0 Å². The second kappa shape index (κ2) is 8.81. The molecule has 27 heavy (non-hydrogen) atoms. The van der Waals surface area contributed by atoms with Crippen LogP contribution < -0.4 is 5.32 Å². The van der Waals surface area contributed by atoms with Gasteiger partial charge in [0.25, 0.3) is 0 Å². The summed E-state index contributed by atoms with van der Waals surface area (Å²) in [4.78, 5) is 26.2. The summed E-state index contributed by atoms with van der Waals surface area (Å²) in [5.74, 6) is -0.217. The van der Waals surface area contributed by atoms with E-state index >= 15 is 0 Å².